The molecule has 5 rings (SSSR count). The predicted octanol–water partition coefficient (Wildman–Crippen LogP) is 4.39. The monoisotopic (exact) mass is 409 g/mol. The van der Waals surface area contributed by atoms with Crippen LogP contribution in [0.1, 0.15) is 31.1 Å². The Bertz CT molecular complexity index is 1010. The fraction of sp³-hybridized carbons (Fsp3) is 0.364. The zero-order chi connectivity index (χ0) is 19.8. The van der Waals surface area contributed by atoms with Crippen LogP contribution < -0.4 is 10.6 Å². The Hall–Kier alpha value is -2.57. The van der Waals surface area contributed by atoms with E-state index in [4.69, 9.17) is 21.9 Å². The fourth-order valence-corrected chi connectivity index (χ4v) is 4.84. The number of halogens is 1. The highest BCUT2D eigenvalue weighted by Gasteiger charge is 2.38. The van der Waals surface area contributed by atoms with Gasteiger partial charge in [-0.2, -0.15) is 0 Å². The molecule has 0 saturated carbocycles. The van der Waals surface area contributed by atoms with Gasteiger partial charge >= 0.3 is 0 Å². The van der Waals surface area contributed by atoms with E-state index in [0.29, 0.717) is 11.1 Å². The molecule has 0 bridgehead atoms. The van der Waals surface area contributed by atoms with Crippen molar-refractivity contribution in [2.24, 2.45) is 0 Å². The highest BCUT2D eigenvalue weighted by Crippen LogP contribution is 2.38. The normalized spacial score (nSPS) is 22.4. The second kappa shape index (κ2) is 7.69. The molecular weight excluding hydrogens is 386 g/mol. The van der Waals surface area contributed by atoms with Crippen LogP contribution in [0, 0.1) is 0 Å². The van der Waals surface area contributed by atoms with Crippen LogP contribution in [0.25, 0.3) is 11.3 Å². The minimum Gasteiger partial charge on any atom is -0.396 e. The van der Waals surface area contributed by atoms with Crippen LogP contribution in [0.2, 0.25) is 5.02 Å². The molecule has 0 aliphatic carbocycles. The SMILES string of the molecule is Nc1cccnc1N1CCN2C(c3cc(-c4cccc(Cl)c4)no3)CCC[C@H]2C1. The molecular formula is C22H24ClN5O. The molecule has 2 N–H and O–H groups in total. The Kier molecular flexibility index (Phi) is 4.89. The molecule has 3 aromatic rings. The molecule has 150 valence electrons. The molecule has 1 aromatic carbocycles. The predicted molar refractivity (Wildman–Crippen MR) is 115 cm³/mol. The first-order valence-electron chi connectivity index (χ1n) is 10.1. The zero-order valence-corrected chi connectivity index (χ0v) is 16.9. The molecule has 2 aliphatic heterocycles. The molecule has 29 heavy (non-hydrogen) atoms. The number of anilines is 2. The van der Waals surface area contributed by atoms with E-state index in [1.807, 2.05) is 42.6 Å². The maximum atomic E-state index is 6.16. The Morgan fingerprint density at radius 3 is 2.90 bits per heavy atom. The van der Waals surface area contributed by atoms with E-state index in [1.54, 1.807) is 0 Å². The highest BCUT2D eigenvalue weighted by atomic mass is 35.5. The number of nitrogen functional groups attached to an aromatic ring is 1. The molecule has 7 heteroatoms. The third-order valence-corrected chi connectivity index (χ3v) is 6.27. The lowest BCUT2D eigenvalue weighted by molar-refractivity contribution is 0.0558. The zero-order valence-electron chi connectivity index (χ0n) is 16.2. The summed E-state index contributed by atoms with van der Waals surface area (Å²) in [6.45, 7) is 2.80. The Morgan fingerprint density at radius 1 is 1.10 bits per heavy atom. The minimum atomic E-state index is 0.261. The highest BCUT2D eigenvalue weighted by molar-refractivity contribution is 6.30. The smallest absolute Gasteiger partial charge is 0.154 e. The van der Waals surface area contributed by atoms with Gasteiger partial charge < -0.3 is 15.2 Å². The van der Waals surface area contributed by atoms with E-state index in [-0.39, 0.29) is 6.04 Å². The largest absolute Gasteiger partial charge is 0.396 e. The summed E-state index contributed by atoms with van der Waals surface area (Å²) < 4.78 is 5.80. The molecule has 6 nitrogen and oxygen atoms in total. The average molecular weight is 410 g/mol. The maximum Gasteiger partial charge on any atom is 0.154 e. The molecule has 1 unspecified atom stereocenters. The van der Waals surface area contributed by atoms with Crippen LogP contribution in [0.3, 0.4) is 0 Å². The number of piperidine rings is 1. The van der Waals surface area contributed by atoms with Crippen molar-refractivity contribution in [2.45, 2.75) is 31.3 Å². The van der Waals surface area contributed by atoms with Crippen molar-refractivity contribution in [1.82, 2.24) is 15.0 Å². The van der Waals surface area contributed by atoms with Gasteiger partial charge in [-0.05, 0) is 43.5 Å². The quantitative estimate of drug-likeness (QED) is 0.691. The van der Waals surface area contributed by atoms with E-state index in [9.17, 15) is 0 Å². The van der Waals surface area contributed by atoms with Crippen LogP contribution >= 0.6 is 11.6 Å². The van der Waals surface area contributed by atoms with Gasteiger partial charge in [-0.25, -0.2) is 4.98 Å². The summed E-state index contributed by atoms with van der Waals surface area (Å²) in [7, 11) is 0. The van der Waals surface area contributed by atoms with Crippen LogP contribution in [0.5, 0.6) is 0 Å². The van der Waals surface area contributed by atoms with Gasteiger partial charge in [0.1, 0.15) is 5.69 Å². The van der Waals surface area contributed by atoms with Crippen molar-refractivity contribution < 1.29 is 4.52 Å². The molecule has 0 radical (unpaired) electrons. The summed E-state index contributed by atoms with van der Waals surface area (Å²) in [4.78, 5) is 9.39. The molecule has 0 spiro atoms. The summed E-state index contributed by atoms with van der Waals surface area (Å²) in [6, 6.07) is 14.3. The number of rotatable bonds is 3. The first-order chi connectivity index (χ1) is 14.2. The Labute approximate surface area is 175 Å². The minimum absolute atomic E-state index is 0.261. The number of hydrogen-bond donors (Lipinski definition) is 1. The second-order valence-corrected chi connectivity index (χ2v) is 8.26. The van der Waals surface area contributed by atoms with Crippen molar-refractivity contribution in [1.29, 1.82) is 0 Å². The lowest BCUT2D eigenvalue weighted by atomic mass is 9.91. The maximum absolute atomic E-state index is 6.16. The standard InChI is InChI=1S/C22H24ClN5O/c23-16-5-1-4-15(12-16)19-13-21(29-26-19)20-8-2-6-17-14-27(10-11-28(17)20)22-18(24)7-3-9-25-22/h1,3-5,7,9,12-13,17,20H,2,6,8,10-11,14,24H2/t17-,20?/m0/s1. The average Bonchev–Trinajstić information content (AvgIpc) is 3.23. The van der Waals surface area contributed by atoms with E-state index in [0.717, 1.165) is 54.6 Å². The van der Waals surface area contributed by atoms with Gasteiger partial charge in [0.2, 0.25) is 0 Å². The molecule has 2 saturated heterocycles. The van der Waals surface area contributed by atoms with Crippen molar-refractivity contribution in [3.8, 4) is 11.3 Å². The molecule has 2 fully saturated rings. The van der Waals surface area contributed by atoms with Gasteiger partial charge in [0, 0.05) is 48.5 Å². The van der Waals surface area contributed by atoms with E-state index >= 15 is 0 Å². The van der Waals surface area contributed by atoms with Gasteiger partial charge in [-0.15, -0.1) is 0 Å². The van der Waals surface area contributed by atoms with Crippen LogP contribution in [0.15, 0.2) is 53.2 Å². The van der Waals surface area contributed by atoms with Crippen molar-refractivity contribution in [3.63, 3.8) is 0 Å². The summed E-state index contributed by atoms with van der Waals surface area (Å²) in [5, 5.41) is 5.02. The third-order valence-electron chi connectivity index (χ3n) is 6.04. The number of nitrogens with zero attached hydrogens (tertiary/aromatic N) is 4. The molecule has 2 aliphatic rings. The van der Waals surface area contributed by atoms with Crippen LogP contribution in [-0.4, -0.2) is 40.7 Å². The number of hydrogen-bond acceptors (Lipinski definition) is 6. The van der Waals surface area contributed by atoms with Crippen molar-refractivity contribution in [2.75, 3.05) is 30.3 Å². The third kappa shape index (κ3) is 3.58. The molecule has 2 atom stereocenters. The number of piperazine rings is 1. The number of benzene rings is 1. The molecule has 2 aromatic heterocycles. The molecule has 4 heterocycles. The Morgan fingerprint density at radius 2 is 2.03 bits per heavy atom. The van der Waals surface area contributed by atoms with Crippen molar-refractivity contribution >= 4 is 23.1 Å². The van der Waals surface area contributed by atoms with Gasteiger partial charge in [0.05, 0.1) is 11.7 Å². The van der Waals surface area contributed by atoms with Gasteiger partial charge in [0.25, 0.3) is 0 Å². The summed E-state index contributed by atoms with van der Waals surface area (Å²) in [5.41, 5.74) is 8.72. The number of aromatic nitrogens is 2. The number of fused-ring (bicyclic) bond motifs is 1. The number of pyridine rings is 1. The first-order valence-corrected chi connectivity index (χ1v) is 10.5. The lowest BCUT2D eigenvalue weighted by Crippen LogP contribution is -2.56. The van der Waals surface area contributed by atoms with E-state index < -0.39 is 0 Å². The summed E-state index contributed by atoms with van der Waals surface area (Å²) >= 11 is 6.13. The van der Waals surface area contributed by atoms with Crippen molar-refractivity contribution in [3.05, 3.63) is 59.4 Å². The summed E-state index contributed by atoms with van der Waals surface area (Å²) in [5.74, 6) is 1.84. The Balaban J connectivity index is 1.35. The topological polar surface area (TPSA) is 71.4 Å². The van der Waals surface area contributed by atoms with E-state index in [2.05, 4.69) is 26.0 Å². The number of nitrogens with two attached hydrogens (primary N) is 1. The summed E-state index contributed by atoms with van der Waals surface area (Å²) in [6.07, 6.45) is 5.25. The second-order valence-electron chi connectivity index (χ2n) is 7.83. The van der Waals surface area contributed by atoms with Gasteiger partial charge in [-0.1, -0.05) is 28.9 Å². The lowest BCUT2D eigenvalue weighted by Gasteiger charge is -2.47. The van der Waals surface area contributed by atoms with Gasteiger partial charge in [-0.3, -0.25) is 4.90 Å². The van der Waals surface area contributed by atoms with Crippen LogP contribution in [-0.2, 0) is 0 Å². The van der Waals surface area contributed by atoms with Crippen LogP contribution in [0.4, 0.5) is 11.5 Å². The molecule has 0 amide bonds. The fourth-order valence-electron chi connectivity index (χ4n) is 4.65. The first kappa shape index (κ1) is 18.5. The van der Waals surface area contributed by atoms with Gasteiger partial charge in [0.15, 0.2) is 11.6 Å². The van der Waals surface area contributed by atoms with E-state index in [1.165, 1.54) is 12.8 Å².